The lowest BCUT2D eigenvalue weighted by atomic mass is 10.1. The molecule has 0 amide bonds. The van der Waals surface area contributed by atoms with Gasteiger partial charge in [-0.25, -0.2) is 4.79 Å². The van der Waals surface area contributed by atoms with Gasteiger partial charge in [0, 0.05) is 5.39 Å². The van der Waals surface area contributed by atoms with Crippen LogP contribution in [0.4, 0.5) is 0 Å². The van der Waals surface area contributed by atoms with Crippen LogP contribution in [-0.4, -0.2) is 27.6 Å². The van der Waals surface area contributed by atoms with Crippen molar-refractivity contribution in [3.63, 3.8) is 0 Å². The number of esters is 1. The fourth-order valence-electron chi connectivity index (χ4n) is 2.38. The van der Waals surface area contributed by atoms with Gasteiger partial charge in [-0.1, -0.05) is 36.4 Å². The predicted molar refractivity (Wildman–Crippen MR) is 92.9 cm³/mol. The van der Waals surface area contributed by atoms with Crippen LogP contribution in [-0.2, 0) is 9.53 Å². The van der Waals surface area contributed by atoms with Gasteiger partial charge in [0.1, 0.15) is 0 Å². The molecule has 0 unspecified atom stereocenters. The Hall–Kier alpha value is -3.28. The highest BCUT2D eigenvalue weighted by atomic mass is 16.5. The maximum atomic E-state index is 12.7. The van der Waals surface area contributed by atoms with Gasteiger partial charge in [-0.05, 0) is 32.0 Å². The molecule has 1 aromatic heterocycles. The lowest BCUT2D eigenvalue weighted by molar-refractivity contribution is -0.124. The smallest absolute Gasteiger partial charge is 0.360 e. The van der Waals surface area contributed by atoms with Gasteiger partial charge in [-0.2, -0.15) is 9.78 Å². The Morgan fingerprint density at radius 2 is 1.60 bits per heavy atom. The molecule has 3 aromatic rings. The first-order valence-corrected chi connectivity index (χ1v) is 7.78. The molecule has 0 radical (unpaired) electrons. The van der Waals surface area contributed by atoms with Crippen molar-refractivity contribution in [2.45, 2.75) is 20.0 Å². The summed E-state index contributed by atoms with van der Waals surface area (Å²) >= 11 is 0. The summed E-state index contributed by atoms with van der Waals surface area (Å²) in [6.07, 6.45) is -0.884. The number of ether oxygens (including phenoxy) is 1. The molecule has 1 atom stereocenters. The summed E-state index contributed by atoms with van der Waals surface area (Å²) in [6, 6.07) is 15.5. The molecule has 0 saturated carbocycles. The zero-order chi connectivity index (χ0) is 18.0. The zero-order valence-corrected chi connectivity index (χ0v) is 13.8. The molecular weight excluding hydrogens is 320 g/mol. The van der Waals surface area contributed by atoms with Gasteiger partial charge in [-0.15, -0.1) is 0 Å². The third-order valence-electron chi connectivity index (χ3n) is 3.86. The fraction of sp³-hybridized carbons (Fsp3) is 0.158. The number of rotatable bonds is 4. The number of para-hydroxylation sites is 1. The average Bonchev–Trinajstić information content (AvgIpc) is 2.62. The molecule has 0 N–H and O–H groups in total. The molecule has 0 saturated heterocycles. The van der Waals surface area contributed by atoms with Gasteiger partial charge < -0.3 is 4.74 Å². The van der Waals surface area contributed by atoms with Crippen molar-refractivity contribution in [3.05, 3.63) is 70.6 Å². The van der Waals surface area contributed by atoms with Gasteiger partial charge in [-0.3, -0.25) is 9.59 Å². The minimum Gasteiger partial charge on any atom is -0.450 e. The van der Waals surface area contributed by atoms with Crippen LogP contribution in [0, 0.1) is 0 Å². The molecule has 0 aliphatic carbocycles. The van der Waals surface area contributed by atoms with E-state index >= 15 is 0 Å². The van der Waals surface area contributed by atoms with Gasteiger partial charge >= 0.3 is 5.97 Å². The summed E-state index contributed by atoms with van der Waals surface area (Å²) in [7, 11) is 0. The number of hydrogen-bond donors (Lipinski definition) is 0. The number of carbonyl (C=O) groups excluding carboxylic acids is 2. The quantitative estimate of drug-likeness (QED) is 0.684. The van der Waals surface area contributed by atoms with Gasteiger partial charge in [0.25, 0.3) is 5.56 Å². The molecule has 0 spiro atoms. The van der Waals surface area contributed by atoms with Crippen LogP contribution < -0.4 is 5.56 Å². The molecular formula is C19H16N2O4. The molecule has 0 aliphatic rings. The zero-order valence-electron chi connectivity index (χ0n) is 13.8. The van der Waals surface area contributed by atoms with E-state index < -0.39 is 12.1 Å². The first-order chi connectivity index (χ1) is 12.0. The molecule has 6 nitrogen and oxygen atoms in total. The van der Waals surface area contributed by atoms with Crippen LogP contribution in [0.1, 0.15) is 24.3 Å². The second-order valence-electron chi connectivity index (χ2n) is 5.60. The van der Waals surface area contributed by atoms with E-state index in [9.17, 15) is 14.4 Å². The van der Waals surface area contributed by atoms with Crippen LogP contribution in [0.25, 0.3) is 16.5 Å². The summed E-state index contributed by atoms with van der Waals surface area (Å²) in [5, 5.41) is 4.94. The fourth-order valence-corrected chi connectivity index (χ4v) is 2.38. The van der Waals surface area contributed by atoms with E-state index in [1.807, 2.05) is 6.07 Å². The van der Waals surface area contributed by atoms with Crippen molar-refractivity contribution in [2.24, 2.45) is 0 Å². The number of hydrogen-bond acceptors (Lipinski definition) is 5. The van der Waals surface area contributed by atoms with Crippen molar-refractivity contribution in [1.82, 2.24) is 9.78 Å². The Labute approximate surface area is 143 Å². The molecule has 6 heteroatoms. The molecule has 126 valence electrons. The number of aromatic nitrogens is 2. The Morgan fingerprint density at radius 3 is 2.24 bits per heavy atom. The van der Waals surface area contributed by atoms with Gasteiger partial charge in [0.15, 0.2) is 17.6 Å². The van der Waals surface area contributed by atoms with Crippen LogP contribution in [0.3, 0.4) is 0 Å². The van der Waals surface area contributed by atoms with E-state index in [0.29, 0.717) is 16.5 Å². The minimum atomic E-state index is -0.884. The molecule has 0 bridgehead atoms. The number of benzene rings is 2. The maximum absolute atomic E-state index is 12.7. The topological polar surface area (TPSA) is 78.3 Å². The van der Waals surface area contributed by atoms with Gasteiger partial charge in [0.2, 0.25) is 0 Å². The second-order valence-corrected chi connectivity index (χ2v) is 5.60. The van der Waals surface area contributed by atoms with Crippen molar-refractivity contribution < 1.29 is 14.3 Å². The molecule has 25 heavy (non-hydrogen) atoms. The van der Waals surface area contributed by atoms with Crippen LogP contribution in [0.15, 0.2) is 59.4 Å². The van der Waals surface area contributed by atoms with E-state index in [2.05, 4.69) is 5.10 Å². The van der Waals surface area contributed by atoms with E-state index in [1.54, 1.807) is 48.5 Å². The molecule has 0 aliphatic heterocycles. The summed E-state index contributed by atoms with van der Waals surface area (Å²) in [6.45, 7) is 2.84. The standard InChI is InChI=1S/C19H16N2O4/c1-12(22)13(2)25-19(24)17-15-10-6-7-11-16(15)18(23)21(20-17)14-8-4-3-5-9-14/h3-11,13H,1-2H3/t13-/m1/s1. The van der Waals surface area contributed by atoms with E-state index in [4.69, 9.17) is 4.74 Å². The SMILES string of the molecule is CC(=O)[C@@H](C)OC(=O)c1nn(-c2ccccc2)c(=O)c2ccccc12. The third kappa shape index (κ3) is 3.19. The van der Waals surface area contributed by atoms with E-state index in [1.165, 1.54) is 13.8 Å². The van der Waals surface area contributed by atoms with Crippen molar-refractivity contribution in [1.29, 1.82) is 0 Å². The van der Waals surface area contributed by atoms with Gasteiger partial charge in [0.05, 0.1) is 11.1 Å². The first-order valence-electron chi connectivity index (χ1n) is 7.78. The second kappa shape index (κ2) is 6.68. The largest absolute Gasteiger partial charge is 0.450 e. The van der Waals surface area contributed by atoms with Crippen LogP contribution in [0.2, 0.25) is 0 Å². The summed E-state index contributed by atoms with van der Waals surface area (Å²) in [5.41, 5.74) is 0.192. The minimum absolute atomic E-state index is 0.00727. The van der Waals surface area contributed by atoms with E-state index in [0.717, 1.165) is 4.68 Å². The highest BCUT2D eigenvalue weighted by molar-refractivity contribution is 6.03. The highest BCUT2D eigenvalue weighted by Gasteiger charge is 2.21. The van der Waals surface area contributed by atoms with Crippen LogP contribution in [0.5, 0.6) is 0 Å². The normalized spacial score (nSPS) is 11.9. The molecule has 3 rings (SSSR count). The number of ketones is 1. The van der Waals surface area contributed by atoms with Crippen molar-refractivity contribution >= 4 is 22.5 Å². The molecule has 2 aromatic carbocycles. The van der Waals surface area contributed by atoms with Crippen molar-refractivity contribution in [3.8, 4) is 5.69 Å². The first kappa shape index (κ1) is 16.6. The number of fused-ring (bicyclic) bond motifs is 1. The van der Waals surface area contributed by atoms with E-state index in [-0.39, 0.29) is 17.0 Å². The molecule has 0 fully saturated rings. The highest BCUT2D eigenvalue weighted by Crippen LogP contribution is 2.16. The predicted octanol–water partition coefficient (Wildman–Crippen LogP) is 2.52. The lowest BCUT2D eigenvalue weighted by Gasteiger charge is -2.13. The monoisotopic (exact) mass is 336 g/mol. The summed E-state index contributed by atoms with van der Waals surface area (Å²) < 4.78 is 6.33. The van der Waals surface area contributed by atoms with Crippen LogP contribution >= 0.6 is 0 Å². The average molecular weight is 336 g/mol. The van der Waals surface area contributed by atoms with Crippen molar-refractivity contribution in [2.75, 3.05) is 0 Å². The summed E-state index contributed by atoms with van der Waals surface area (Å²) in [4.78, 5) is 36.6. The lowest BCUT2D eigenvalue weighted by Crippen LogP contribution is -2.27. The maximum Gasteiger partial charge on any atom is 0.360 e. The third-order valence-corrected chi connectivity index (χ3v) is 3.86. The Kier molecular flexibility index (Phi) is 4.43. The number of Topliss-reactive ketones (excluding diaryl/α,β-unsaturated/α-hetero) is 1. The number of carbonyl (C=O) groups is 2. The summed E-state index contributed by atoms with van der Waals surface area (Å²) in [5.74, 6) is -1.02. The Bertz CT molecular complexity index is 1010. The number of nitrogens with zero attached hydrogens (tertiary/aromatic N) is 2. The molecule has 1 heterocycles. The Morgan fingerprint density at radius 1 is 1.00 bits per heavy atom. The Balaban J connectivity index is 2.21.